The van der Waals surface area contributed by atoms with E-state index in [1.54, 1.807) is 0 Å². The van der Waals surface area contributed by atoms with Crippen LogP contribution < -0.4 is 22.5 Å². The molecule has 114 valence electrons. The van der Waals surface area contributed by atoms with Crippen molar-refractivity contribution in [3.8, 4) is 0 Å². The Balaban J connectivity index is 2.24. The van der Waals surface area contributed by atoms with Crippen molar-refractivity contribution in [3.63, 3.8) is 0 Å². The summed E-state index contributed by atoms with van der Waals surface area (Å²) < 4.78 is 0. The van der Waals surface area contributed by atoms with Crippen LogP contribution >= 0.6 is 0 Å². The lowest BCUT2D eigenvalue weighted by molar-refractivity contribution is 0.885. The Bertz CT molecular complexity index is 674. The molecule has 0 radical (unpaired) electrons. The molecule has 0 bridgehead atoms. The first-order valence-electron chi connectivity index (χ1n) is 6.90. The number of anilines is 1. The van der Waals surface area contributed by atoms with E-state index in [1.165, 1.54) is 5.56 Å². The molecule has 2 aromatic carbocycles. The standard InChI is InChI=1S/C16H20N6/c1-11(12-7-3-2-4-8-12)20-13-9-5-6-10-14(13)21-16(19)22-15(17)18/h2-11,20H,1H3,(H6,17,18,19,21,22). The van der Waals surface area contributed by atoms with E-state index in [9.17, 15) is 0 Å². The van der Waals surface area contributed by atoms with E-state index in [-0.39, 0.29) is 18.0 Å². The van der Waals surface area contributed by atoms with Crippen molar-refractivity contribution >= 4 is 23.3 Å². The molecular formula is C16H20N6. The van der Waals surface area contributed by atoms with E-state index in [0.717, 1.165) is 5.69 Å². The van der Waals surface area contributed by atoms with Gasteiger partial charge in [0, 0.05) is 6.04 Å². The summed E-state index contributed by atoms with van der Waals surface area (Å²) >= 11 is 0. The van der Waals surface area contributed by atoms with Crippen LogP contribution in [0, 0.1) is 0 Å². The molecule has 0 spiro atoms. The number of rotatable bonds is 4. The third-order valence-electron chi connectivity index (χ3n) is 3.05. The summed E-state index contributed by atoms with van der Waals surface area (Å²) in [6, 6.07) is 17.8. The predicted octanol–water partition coefficient (Wildman–Crippen LogP) is 2.08. The summed E-state index contributed by atoms with van der Waals surface area (Å²) in [5.74, 6) is -0.106. The molecule has 6 nitrogen and oxygen atoms in total. The number of nitrogens with two attached hydrogens (primary N) is 3. The van der Waals surface area contributed by atoms with Crippen LogP contribution in [0.2, 0.25) is 0 Å². The fraction of sp³-hybridized carbons (Fsp3) is 0.125. The van der Waals surface area contributed by atoms with Crippen LogP contribution in [-0.2, 0) is 0 Å². The van der Waals surface area contributed by atoms with Gasteiger partial charge < -0.3 is 22.5 Å². The van der Waals surface area contributed by atoms with E-state index < -0.39 is 0 Å². The molecule has 0 saturated carbocycles. The second-order valence-electron chi connectivity index (χ2n) is 4.80. The maximum Gasteiger partial charge on any atom is 0.223 e. The van der Waals surface area contributed by atoms with Crippen molar-refractivity contribution in [1.82, 2.24) is 0 Å². The van der Waals surface area contributed by atoms with E-state index in [0.29, 0.717) is 5.69 Å². The molecule has 0 fully saturated rings. The van der Waals surface area contributed by atoms with Gasteiger partial charge >= 0.3 is 0 Å². The summed E-state index contributed by atoms with van der Waals surface area (Å²) in [5, 5.41) is 3.41. The van der Waals surface area contributed by atoms with Crippen LogP contribution in [0.5, 0.6) is 0 Å². The first-order valence-corrected chi connectivity index (χ1v) is 6.90. The Hall–Kier alpha value is -3.02. The number of guanidine groups is 2. The molecule has 7 N–H and O–H groups in total. The van der Waals surface area contributed by atoms with Gasteiger partial charge in [0.2, 0.25) is 5.96 Å². The summed E-state index contributed by atoms with van der Waals surface area (Å²) in [6.07, 6.45) is 0. The van der Waals surface area contributed by atoms with Gasteiger partial charge in [0.05, 0.1) is 11.4 Å². The first-order chi connectivity index (χ1) is 10.6. The Morgan fingerprint density at radius 2 is 1.59 bits per heavy atom. The normalized spacial score (nSPS) is 12.5. The predicted molar refractivity (Wildman–Crippen MR) is 92.0 cm³/mol. The molecule has 0 aliphatic heterocycles. The van der Waals surface area contributed by atoms with Crippen molar-refractivity contribution in [1.29, 1.82) is 0 Å². The maximum absolute atomic E-state index is 5.69. The molecule has 0 saturated heterocycles. The fourth-order valence-electron chi connectivity index (χ4n) is 2.03. The SMILES string of the molecule is CC(Nc1ccccc1N=C(N)N=C(N)N)c1ccccc1. The third-order valence-corrected chi connectivity index (χ3v) is 3.05. The van der Waals surface area contributed by atoms with Crippen molar-refractivity contribution in [2.75, 3.05) is 5.32 Å². The lowest BCUT2D eigenvalue weighted by atomic mass is 10.1. The van der Waals surface area contributed by atoms with Gasteiger partial charge in [-0.15, -0.1) is 0 Å². The highest BCUT2D eigenvalue weighted by molar-refractivity contribution is 5.94. The molecule has 6 heteroatoms. The van der Waals surface area contributed by atoms with Crippen LogP contribution in [0.1, 0.15) is 18.5 Å². The smallest absolute Gasteiger partial charge is 0.223 e. The maximum atomic E-state index is 5.69. The molecule has 0 aliphatic carbocycles. The molecule has 22 heavy (non-hydrogen) atoms. The monoisotopic (exact) mass is 296 g/mol. The number of hydrogen-bond acceptors (Lipinski definition) is 2. The molecule has 0 heterocycles. The lowest BCUT2D eigenvalue weighted by Gasteiger charge is -2.17. The number of hydrogen-bond donors (Lipinski definition) is 4. The van der Waals surface area contributed by atoms with Gasteiger partial charge in [-0.2, -0.15) is 4.99 Å². The Morgan fingerprint density at radius 3 is 2.27 bits per heavy atom. The van der Waals surface area contributed by atoms with Crippen LogP contribution in [0.15, 0.2) is 64.6 Å². The van der Waals surface area contributed by atoms with Gasteiger partial charge in [-0.3, -0.25) is 0 Å². The second-order valence-corrected chi connectivity index (χ2v) is 4.80. The number of benzene rings is 2. The highest BCUT2D eigenvalue weighted by atomic mass is 15.1. The summed E-state index contributed by atoms with van der Waals surface area (Å²) in [5.41, 5.74) is 19.0. The zero-order valence-electron chi connectivity index (χ0n) is 12.4. The average molecular weight is 296 g/mol. The number of para-hydroxylation sites is 2. The summed E-state index contributed by atoms with van der Waals surface area (Å²) in [4.78, 5) is 7.95. The zero-order chi connectivity index (χ0) is 15.9. The number of aliphatic imine (C=N–C) groups is 2. The zero-order valence-corrected chi connectivity index (χ0v) is 12.4. The molecule has 2 aromatic rings. The van der Waals surface area contributed by atoms with Gasteiger partial charge in [-0.1, -0.05) is 42.5 Å². The minimum absolute atomic E-state index is 0.0154. The van der Waals surface area contributed by atoms with Gasteiger partial charge in [-0.05, 0) is 24.6 Å². The highest BCUT2D eigenvalue weighted by Gasteiger charge is 2.07. The quantitative estimate of drug-likeness (QED) is 0.510. The molecule has 0 amide bonds. The average Bonchev–Trinajstić information content (AvgIpc) is 2.49. The van der Waals surface area contributed by atoms with Gasteiger partial charge in [0.25, 0.3) is 0 Å². The largest absolute Gasteiger partial charge is 0.377 e. The van der Waals surface area contributed by atoms with E-state index in [1.807, 2.05) is 42.5 Å². The Morgan fingerprint density at radius 1 is 0.955 bits per heavy atom. The molecule has 2 rings (SSSR count). The van der Waals surface area contributed by atoms with E-state index in [2.05, 4.69) is 34.4 Å². The van der Waals surface area contributed by atoms with Crippen molar-refractivity contribution in [2.24, 2.45) is 27.2 Å². The molecule has 0 aliphatic rings. The van der Waals surface area contributed by atoms with Gasteiger partial charge in [0.1, 0.15) is 0 Å². The van der Waals surface area contributed by atoms with Gasteiger partial charge in [-0.25, -0.2) is 4.99 Å². The minimum atomic E-state index is -0.121. The minimum Gasteiger partial charge on any atom is -0.377 e. The molecular weight excluding hydrogens is 276 g/mol. The van der Waals surface area contributed by atoms with Crippen LogP contribution in [0.25, 0.3) is 0 Å². The second kappa shape index (κ2) is 7.12. The fourth-order valence-corrected chi connectivity index (χ4v) is 2.03. The van der Waals surface area contributed by atoms with Crippen LogP contribution in [0.3, 0.4) is 0 Å². The van der Waals surface area contributed by atoms with Crippen molar-refractivity contribution in [2.45, 2.75) is 13.0 Å². The van der Waals surface area contributed by atoms with Crippen molar-refractivity contribution < 1.29 is 0 Å². The van der Waals surface area contributed by atoms with E-state index >= 15 is 0 Å². The highest BCUT2D eigenvalue weighted by Crippen LogP contribution is 2.28. The van der Waals surface area contributed by atoms with Crippen molar-refractivity contribution in [3.05, 3.63) is 60.2 Å². The van der Waals surface area contributed by atoms with E-state index in [4.69, 9.17) is 17.2 Å². The lowest BCUT2D eigenvalue weighted by Crippen LogP contribution is -2.26. The molecule has 1 unspecified atom stereocenters. The number of nitrogens with one attached hydrogen (secondary N) is 1. The first kappa shape index (κ1) is 15.4. The molecule has 1 atom stereocenters. The molecule has 0 aromatic heterocycles. The summed E-state index contributed by atoms with van der Waals surface area (Å²) in [7, 11) is 0. The van der Waals surface area contributed by atoms with Gasteiger partial charge in [0.15, 0.2) is 5.96 Å². The third kappa shape index (κ3) is 4.24. The topological polar surface area (TPSA) is 115 Å². The summed E-state index contributed by atoms with van der Waals surface area (Å²) in [6.45, 7) is 2.08. The Kier molecular flexibility index (Phi) is 4.98. The Labute approximate surface area is 129 Å². The number of nitrogens with zero attached hydrogens (tertiary/aromatic N) is 2. The van der Waals surface area contributed by atoms with Crippen LogP contribution in [-0.4, -0.2) is 11.9 Å². The van der Waals surface area contributed by atoms with Crippen LogP contribution in [0.4, 0.5) is 11.4 Å².